The zero-order chi connectivity index (χ0) is 26.5. The van der Waals surface area contributed by atoms with Gasteiger partial charge in [0, 0.05) is 31.7 Å². The molecule has 0 spiro atoms. The van der Waals surface area contributed by atoms with Crippen LogP contribution in [-0.4, -0.2) is 49.3 Å². The van der Waals surface area contributed by atoms with E-state index in [4.69, 9.17) is 14.9 Å². The molecule has 208 valence electrons. The molecule has 0 radical (unpaired) electrons. The van der Waals surface area contributed by atoms with Crippen LogP contribution in [0.5, 0.6) is 0 Å². The molecule has 1 aromatic heterocycles. The molecule has 7 heteroatoms. The Balaban J connectivity index is 1.05. The highest BCUT2D eigenvalue weighted by molar-refractivity contribution is 5.67. The fraction of sp³-hybridized carbons (Fsp3) is 0.742. The second kappa shape index (κ2) is 10.1. The first kappa shape index (κ1) is 26.1. The molecular weight excluding hydrogens is 478 g/mol. The summed E-state index contributed by atoms with van der Waals surface area (Å²) in [6.07, 6.45) is 14.1. The van der Waals surface area contributed by atoms with Crippen molar-refractivity contribution in [2.45, 2.75) is 89.7 Å². The number of alkyl carbamates (subject to hydrolysis) is 1. The molecule has 7 nitrogen and oxygen atoms in total. The minimum absolute atomic E-state index is 0.0292. The fourth-order valence-electron chi connectivity index (χ4n) is 9.30. The second-order valence-electron chi connectivity index (χ2n) is 13.4. The Morgan fingerprint density at radius 3 is 2.82 bits per heavy atom. The molecule has 1 aromatic rings. The Hall–Kier alpha value is -2.12. The molecule has 2 heterocycles. The van der Waals surface area contributed by atoms with Gasteiger partial charge in [0.05, 0.1) is 6.26 Å². The van der Waals surface area contributed by atoms with Crippen molar-refractivity contribution in [1.29, 1.82) is 0 Å². The van der Waals surface area contributed by atoms with Crippen LogP contribution in [0.1, 0.15) is 83.1 Å². The largest absolute Gasteiger partial charge is 0.446 e. The van der Waals surface area contributed by atoms with Crippen LogP contribution in [0.25, 0.3) is 0 Å². The minimum Gasteiger partial charge on any atom is -0.446 e. The van der Waals surface area contributed by atoms with Gasteiger partial charge in [0.1, 0.15) is 6.10 Å². The van der Waals surface area contributed by atoms with Gasteiger partial charge in [0.25, 0.3) is 0 Å². The normalized spacial score (nSPS) is 40.6. The number of hydrogen-bond donors (Lipinski definition) is 2. The second-order valence-corrected chi connectivity index (χ2v) is 13.4. The van der Waals surface area contributed by atoms with Crippen molar-refractivity contribution in [2.24, 2.45) is 34.3 Å². The molecule has 38 heavy (non-hydrogen) atoms. The molecule has 8 atom stereocenters. The summed E-state index contributed by atoms with van der Waals surface area (Å²) in [6.45, 7) is 8.38. The van der Waals surface area contributed by atoms with E-state index >= 15 is 0 Å². The van der Waals surface area contributed by atoms with Crippen LogP contribution in [0.3, 0.4) is 0 Å². The Morgan fingerprint density at radius 1 is 1.18 bits per heavy atom. The van der Waals surface area contributed by atoms with Crippen molar-refractivity contribution >= 4 is 6.09 Å². The van der Waals surface area contributed by atoms with Gasteiger partial charge in [-0.2, -0.15) is 0 Å². The van der Waals surface area contributed by atoms with E-state index in [2.05, 4.69) is 30.1 Å². The number of allylic oxidation sites excluding steroid dienone is 2. The van der Waals surface area contributed by atoms with Gasteiger partial charge in [0.2, 0.25) is 0 Å². The van der Waals surface area contributed by atoms with Gasteiger partial charge in [-0.15, -0.1) is 0 Å². The lowest BCUT2D eigenvalue weighted by molar-refractivity contribution is -0.0842. The van der Waals surface area contributed by atoms with Gasteiger partial charge < -0.3 is 20.2 Å². The number of ether oxygens (including phenoxy) is 1. The maximum Gasteiger partial charge on any atom is 0.407 e. The van der Waals surface area contributed by atoms with Crippen molar-refractivity contribution in [3.63, 3.8) is 0 Å². The lowest BCUT2D eigenvalue weighted by atomic mass is 9.46. The summed E-state index contributed by atoms with van der Waals surface area (Å²) in [5, 5.41) is 2.97. The van der Waals surface area contributed by atoms with E-state index in [9.17, 15) is 9.59 Å². The monoisotopic (exact) mass is 523 g/mol. The minimum atomic E-state index is -0.274. The Bertz CT molecular complexity index is 1110. The molecule has 3 saturated carbocycles. The molecular formula is C31H45N3O4. The van der Waals surface area contributed by atoms with Gasteiger partial charge in [-0.05, 0) is 110 Å². The van der Waals surface area contributed by atoms with E-state index in [-0.39, 0.29) is 29.3 Å². The number of nitrogens with one attached hydrogen (secondary N) is 1. The predicted octanol–water partition coefficient (Wildman–Crippen LogP) is 4.81. The maximum atomic E-state index is 12.5. The molecule has 1 saturated heterocycles. The number of rotatable bonds is 5. The number of nitrogens with zero attached hydrogens (tertiary/aromatic N) is 1. The molecule has 0 bridgehead atoms. The van der Waals surface area contributed by atoms with Crippen LogP contribution in [0.15, 0.2) is 39.3 Å². The van der Waals surface area contributed by atoms with Crippen LogP contribution in [-0.2, 0) is 4.74 Å². The number of fused-ring (bicyclic) bond motifs is 5. The lowest BCUT2D eigenvalue weighted by Crippen LogP contribution is -2.52. The molecule has 4 aliphatic carbocycles. The SMILES string of the molecule is C[C@]12CCC(OC(=O)NCCN3CC[C@@H](N)C3)C[C@H]1CC[C@H]1C3=CC[C@H](c4ccc(=O)oc4)[C@@]3(C)CC[C@@H]12. The average Bonchev–Trinajstić information content (AvgIpc) is 3.47. The summed E-state index contributed by atoms with van der Waals surface area (Å²) in [5.74, 6) is 2.37. The highest BCUT2D eigenvalue weighted by Crippen LogP contribution is 2.67. The maximum absolute atomic E-state index is 12.5. The van der Waals surface area contributed by atoms with Gasteiger partial charge in [-0.25, -0.2) is 9.59 Å². The number of hydrogen-bond acceptors (Lipinski definition) is 6. The van der Waals surface area contributed by atoms with Crippen LogP contribution in [0, 0.1) is 28.6 Å². The highest BCUT2D eigenvalue weighted by Gasteiger charge is 2.58. The van der Waals surface area contributed by atoms with Gasteiger partial charge in [-0.3, -0.25) is 4.90 Å². The van der Waals surface area contributed by atoms with Gasteiger partial charge in [-0.1, -0.05) is 25.5 Å². The summed E-state index contributed by atoms with van der Waals surface area (Å²) >= 11 is 0. The van der Waals surface area contributed by atoms with Crippen LogP contribution in [0.2, 0.25) is 0 Å². The fourth-order valence-corrected chi connectivity index (χ4v) is 9.30. The molecule has 1 amide bonds. The molecule has 1 unspecified atom stereocenters. The number of carbonyl (C=O) groups is 1. The van der Waals surface area contributed by atoms with Crippen LogP contribution < -0.4 is 16.7 Å². The van der Waals surface area contributed by atoms with Crippen molar-refractivity contribution in [3.8, 4) is 0 Å². The van der Waals surface area contributed by atoms with Gasteiger partial charge in [0.15, 0.2) is 0 Å². The first-order chi connectivity index (χ1) is 18.3. The molecule has 4 fully saturated rings. The quantitative estimate of drug-likeness (QED) is 0.538. The topological polar surface area (TPSA) is 97.8 Å². The Kier molecular flexibility index (Phi) is 6.96. The number of nitrogens with two attached hydrogens (primary N) is 1. The number of likely N-dealkylation sites (tertiary alicyclic amines) is 1. The zero-order valence-corrected chi connectivity index (χ0v) is 23.1. The molecule has 1 aliphatic heterocycles. The van der Waals surface area contributed by atoms with Crippen molar-refractivity contribution in [1.82, 2.24) is 10.2 Å². The zero-order valence-electron chi connectivity index (χ0n) is 23.1. The third-order valence-corrected chi connectivity index (χ3v) is 11.4. The predicted molar refractivity (Wildman–Crippen MR) is 147 cm³/mol. The molecule has 3 N–H and O–H groups in total. The Labute approximate surface area is 226 Å². The average molecular weight is 524 g/mol. The lowest BCUT2D eigenvalue weighted by Gasteiger charge is -2.59. The van der Waals surface area contributed by atoms with Crippen LogP contribution in [0.4, 0.5) is 4.79 Å². The summed E-state index contributed by atoms with van der Waals surface area (Å²) in [7, 11) is 0. The molecule has 5 aliphatic rings. The summed E-state index contributed by atoms with van der Waals surface area (Å²) in [6, 6.07) is 3.81. The third-order valence-electron chi connectivity index (χ3n) is 11.4. The molecule has 0 aromatic carbocycles. The number of carbonyl (C=O) groups excluding carboxylic acids is 1. The summed E-state index contributed by atoms with van der Waals surface area (Å²) in [5.41, 5.74) is 9.01. The summed E-state index contributed by atoms with van der Waals surface area (Å²) in [4.78, 5) is 26.4. The van der Waals surface area contributed by atoms with Crippen molar-refractivity contribution in [2.75, 3.05) is 26.2 Å². The first-order valence-corrected chi connectivity index (χ1v) is 15.0. The Morgan fingerprint density at radius 2 is 2.05 bits per heavy atom. The van der Waals surface area contributed by atoms with E-state index in [1.807, 2.05) is 6.07 Å². The standard InChI is InChI=1S/C31H45N3O4/c1-30-12-9-23(38-29(36)33-14-16-34-15-11-22(32)18-34)17-21(30)4-5-24-26-7-6-25(20-3-8-28(35)37-19-20)31(26,2)13-10-27(24)30/h3,7-8,19,21-25,27H,4-6,9-18,32H2,1-2H3,(H,33,36)/t21-,22-,23?,24+,25-,27+,30+,31-/m1/s1. The van der Waals surface area contributed by atoms with E-state index in [1.54, 1.807) is 17.9 Å². The van der Waals surface area contributed by atoms with E-state index in [0.717, 1.165) is 57.3 Å². The van der Waals surface area contributed by atoms with E-state index < -0.39 is 0 Å². The smallest absolute Gasteiger partial charge is 0.407 e. The van der Waals surface area contributed by atoms with Crippen molar-refractivity contribution in [3.05, 3.63) is 46.0 Å². The third kappa shape index (κ3) is 4.64. The highest BCUT2D eigenvalue weighted by atomic mass is 16.6. The number of amides is 1. The summed E-state index contributed by atoms with van der Waals surface area (Å²) < 4.78 is 11.2. The van der Waals surface area contributed by atoms with E-state index in [0.29, 0.717) is 35.6 Å². The van der Waals surface area contributed by atoms with E-state index in [1.165, 1.54) is 25.7 Å². The molecule has 6 rings (SSSR count). The van der Waals surface area contributed by atoms with Crippen molar-refractivity contribution < 1.29 is 13.9 Å². The first-order valence-electron chi connectivity index (χ1n) is 15.0. The van der Waals surface area contributed by atoms with Crippen LogP contribution >= 0.6 is 0 Å². The van der Waals surface area contributed by atoms with Gasteiger partial charge >= 0.3 is 11.7 Å².